The molecule has 114 valence electrons. The number of likely N-dealkylation sites (tertiary alicyclic amines) is 1. The van der Waals surface area contributed by atoms with Crippen LogP contribution in [-0.2, 0) is 0 Å². The van der Waals surface area contributed by atoms with Gasteiger partial charge in [0.2, 0.25) is 5.88 Å². The third kappa shape index (κ3) is 2.72. The molecule has 0 spiro atoms. The van der Waals surface area contributed by atoms with Crippen molar-refractivity contribution in [1.29, 1.82) is 0 Å². The molecule has 1 fully saturated rings. The van der Waals surface area contributed by atoms with Crippen molar-refractivity contribution in [2.45, 2.75) is 31.2 Å². The number of hydrogen-bond donors (Lipinski definition) is 0. The maximum Gasteiger partial charge on any atom is 0.215 e. The van der Waals surface area contributed by atoms with Crippen molar-refractivity contribution < 1.29 is 4.74 Å². The van der Waals surface area contributed by atoms with Crippen LogP contribution in [0.25, 0.3) is 11.2 Å². The van der Waals surface area contributed by atoms with Crippen molar-refractivity contribution in [3.63, 3.8) is 0 Å². The molecule has 1 aliphatic rings. The van der Waals surface area contributed by atoms with E-state index < -0.39 is 0 Å². The molecule has 3 rings (SSSR count). The Balaban J connectivity index is 2.14. The fourth-order valence-corrected chi connectivity index (χ4v) is 3.23. The highest BCUT2D eigenvalue weighted by Gasteiger charge is 2.26. The summed E-state index contributed by atoms with van der Waals surface area (Å²) in [5.41, 5.74) is 1.75. The van der Waals surface area contributed by atoms with Gasteiger partial charge in [0.25, 0.3) is 0 Å². The Hall–Kier alpha value is -1.33. The number of imidazole rings is 1. The summed E-state index contributed by atoms with van der Waals surface area (Å²) < 4.78 is 7.47. The van der Waals surface area contributed by atoms with Crippen LogP contribution in [0.1, 0.15) is 37.0 Å². The Labute approximate surface area is 129 Å². The average molecular weight is 309 g/mol. The number of rotatable bonds is 3. The summed E-state index contributed by atoms with van der Waals surface area (Å²) >= 11 is 6.35. The van der Waals surface area contributed by atoms with E-state index >= 15 is 0 Å². The third-order valence-corrected chi connectivity index (χ3v) is 4.26. The molecule has 0 amide bonds. The Kier molecular flexibility index (Phi) is 4.04. The average Bonchev–Trinajstić information content (AvgIpc) is 2.85. The molecule has 3 heterocycles. The topological polar surface area (TPSA) is 43.2 Å². The van der Waals surface area contributed by atoms with Crippen molar-refractivity contribution in [2.75, 3.05) is 27.2 Å². The van der Waals surface area contributed by atoms with Gasteiger partial charge < -0.3 is 14.2 Å². The van der Waals surface area contributed by atoms with Gasteiger partial charge >= 0.3 is 0 Å². The van der Waals surface area contributed by atoms with E-state index in [-0.39, 0.29) is 5.38 Å². The van der Waals surface area contributed by atoms with Gasteiger partial charge in [0.05, 0.1) is 12.5 Å². The summed E-state index contributed by atoms with van der Waals surface area (Å²) in [5.74, 6) is 1.51. The first-order valence-electron chi connectivity index (χ1n) is 7.35. The highest BCUT2D eigenvalue weighted by molar-refractivity contribution is 6.20. The lowest BCUT2D eigenvalue weighted by atomic mass is 10.1. The van der Waals surface area contributed by atoms with Crippen molar-refractivity contribution in [2.24, 2.45) is 0 Å². The molecule has 2 atom stereocenters. The zero-order valence-corrected chi connectivity index (χ0v) is 13.5. The first kappa shape index (κ1) is 14.6. The van der Waals surface area contributed by atoms with Crippen LogP contribution in [0.5, 0.6) is 5.88 Å². The van der Waals surface area contributed by atoms with Gasteiger partial charge in [-0.15, -0.1) is 11.6 Å². The van der Waals surface area contributed by atoms with Crippen LogP contribution in [0.4, 0.5) is 0 Å². The molecule has 0 radical (unpaired) electrons. The van der Waals surface area contributed by atoms with Crippen molar-refractivity contribution in [3.05, 3.63) is 18.0 Å². The van der Waals surface area contributed by atoms with E-state index in [4.69, 9.17) is 16.3 Å². The van der Waals surface area contributed by atoms with E-state index in [9.17, 15) is 0 Å². The number of alkyl halides is 1. The fourth-order valence-electron chi connectivity index (χ4n) is 3.08. The second kappa shape index (κ2) is 5.81. The molecule has 0 bridgehead atoms. The maximum absolute atomic E-state index is 6.35. The van der Waals surface area contributed by atoms with Crippen molar-refractivity contribution in [3.8, 4) is 5.88 Å². The monoisotopic (exact) mass is 308 g/mol. The number of aromatic nitrogens is 3. The minimum absolute atomic E-state index is 0.141. The summed E-state index contributed by atoms with van der Waals surface area (Å²) in [6.07, 6.45) is 2.31. The second-order valence-corrected chi connectivity index (χ2v) is 6.37. The number of nitrogens with zero attached hydrogens (tertiary/aromatic N) is 4. The molecule has 0 aliphatic carbocycles. The zero-order valence-electron chi connectivity index (χ0n) is 12.7. The van der Waals surface area contributed by atoms with Gasteiger partial charge in [-0.05, 0) is 39.4 Å². The molecular weight excluding hydrogens is 288 g/mol. The van der Waals surface area contributed by atoms with Crippen LogP contribution in [0.3, 0.4) is 0 Å². The summed E-state index contributed by atoms with van der Waals surface area (Å²) in [6, 6.07) is 4.16. The molecule has 0 saturated carbocycles. The number of pyridine rings is 1. The number of piperidine rings is 1. The van der Waals surface area contributed by atoms with Gasteiger partial charge in [0.15, 0.2) is 5.65 Å². The molecule has 2 aromatic rings. The molecular formula is C15H21ClN4O. The standard InChI is InChI=1S/C15H21ClN4O/c1-10(16)14-17-12-6-7-13(21-3)18-15(12)20(14)11-5-4-8-19(2)9-11/h6-7,10-11H,4-5,8-9H2,1-3H3. The van der Waals surface area contributed by atoms with Crippen LogP contribution in [0, 0.1) is 0 Å². The first-order valence-corrected chi connectivity index (χ1v) is 7.79. The van der Waals surface area contributed by atoms with Crippen molar-refractivity contribution in [1.82, 2.24) is 19.4 Å². The lowest BCUT2D eigenvalue weighted by Gasteiger charge is -2.31. The lowest BCUT2D eigenvalue weighted by molar-refractivity contribution is 0.212. The summed E-state index contributed by atoms with van der Waals surface area (Å²) in [5, 5.41) is -0.141. The summed E-state index contributed by atoms with van der Waals surface area (Å²) in [4.78, 5) is 11.6. The predicted molar refractivity (Wildman–Crippen MR) is 84.1 cm³/mol. The molecule has 1 saturated heterocycles. The minimum atomic E-state index is -0.141. The minimum Gasteiger partial charge on any atom is -0.481 e. The van der Waals surface area contributed by atoms with E-state index in [2.05, 4.69) is 26.5 Å². The van der Waals surface area contributed by atoms with E-state index in [1.54, 1.807) is 7.11 Å². The number of methoxy groups -OCH3 is 1. The largest absolute Gasteiger partial charge is 0.481 e. The molecule has 2 aromatic heterocycles. The van der Waals surface area contributed by atoms with Crippen LogP contribution in [0.2, 0.25) is 0 Å². The highest BCUT2D eigenvalue weighted by atomic mass is 35.5. The van der Waals surface area contributed by atoms with Gasteiger partial charge in [-0.25, -0.2) is 4.98 Å². The van der Waals surface area contributed by atoms with Crippen molar-refractivity contribution >= 4 is 22.8 Å². The van der Waals surface area contributed by atoms with Gasteiger partial charge in [0.1, 0.15) is 11.3 Å². The van der Waals surface area contributed by atoms with Gasteiger partial charge in [-0.3, -0.25) is 0 Å². The number of hydrogen-bond acceptors (Lipinski definition) is 4. The highest BCUT2D eigenvalue weighted by Crippen LogP contribution is 2.31. The SMILES string of the molecule is COc1ccc2nc(C(C)Cl)n(C3CCCN(C)C3)c2n1. The Morgan fingerprint density at radius 3 is 2.86 bits per heavy atom. The molecule has 1 aliphatic heterocycles. The lowest BCUT2D eigenvalue weighted by Crippen LogP contribution is -2.34. The molecule has 21 heavy (non-hydrogen) atoms. The Morgan fingerprint density at radius 2 is 2.19 bits per heavy atom. The van der Waals surface area contributed by atoms with E-state index in [1.165, 1.54) is 6.42 Å². The predicted octanol–water partition coefficient (Wildman–Crippen LogP) is 3.01. The second-order valence-electron chi connectivity index (χ2n) is 5.71. The van der Waals surface area contributed by atoms with Gasteiger partial charge in [-0.2, -0.15) is 4.98 Å². The van der Waals surface area contributed by atoms with Crippen LogP contribution < -0.4 is 4.74 Å². The molecule has 0 aromatic carbocycles. The Bertz CT molecular complexity index is 640. The first-order chi connectivity index (χ1) is 10.1. The Morgan fingerprint density at radius 1 is 1.38 bits per heavy atom. The van der Waals surface area contributed by atoms with Crippen LogP contribution in [-0.4, -0.2) is 46.7 Å². The summed E-state index contributed by atoms with van der Waals surface area (Å²) in [7, 11) is 3.79. The smallest absolute Gasteiger partial charge is 0.215 e. The van der Waals surface area contributed by atoms with Gasteiger partial charge in [0, 0.05) is 18.7 Å². The third-order valence-electron chi connectivity index (χ3n) is 4.07. The quantitative estimate of drug-likeness (QED) is 0.818. The number of halogens is 1. The van der Waals surface area contributed by atoms with E-state index in [1.807, 2.05) is 19.1 Å². The molecule has 0 N–H and O–H groups in total. The number of fused-ring (bicyclic) bond motifs is 1. The maximum atomic E-state index is 6.35. The van der Waals surface area contributed by atoms with E-state index in [0.29, 0.717) is 11.9 Å². The van der Waals surface area contributed by atoms with Gasteiger partial charge in [-0.1, -0.05) is 0 Å². The van der Waals surface area contributed by atoms with E-state index in [0.717, 1.165) is 36.5 Å². The fraction of sp³-hybridized carbons (Fsp3) is 0.600. The normalized spacial score (nSPS) is 21.6. The molecule has 2 unspecified atom stereocenters. The molecule has 5 nitrogen and oxygen atoms in total. The van der Waals surface area contributed by atoms with Crippen LogP contribution >= 0.6 is 11.6 Å². The summed E-state index contributed by atoms with van der Waals surface area (Å²) in [6.45, 7) is 4.11. The molecule has 6 heteroatoms. The zero-order chi connectivity index (χ0) is 15.0. The number of ether oxygens (including phenoxy) is 1. The number of likely N-dealkylation sites (N-methyl/N-ethyl adjacent to an activating group) is 1. The van der Waals surface area contributed by atoms with Crippen LogP contribution in [0.15, 0.2) is 12.1 Å².